The lowest BCUT2D eigenvalue weighted by molar-refractivity contribution is -0.176. The van der Waals surface area contributed by atoms with Crippen LogP contribution in [0.4, 0.5) is 4.79 Å². The van der Waals surface area contributed by atoms with E-state index in [2.05, 4.69) is 0 Å². The van der Waals surface area contributed by atoms with E-state index in [-0.39, 0.29) is 12.0 Å². The van der Waals surface area contributed by atoms with Gasteiger partial charge in [0.25, 0.3) is 0 Å². The van der Waals surface area contributed by atoms with E-state index in [0.717, 1.165) is 18.4 Å². The highest BCUT2D eigenvalue weighted by molar-refractivity contribution is 7.24. The molecular weight excluding hydrogens is 445 g/mol. The van der Waals surface area contributed by atoms with Crippen molar-refractivity contribution in [3.63, 3.8) is 0 Å². The van der Waals surface area contributed by atoms with E-state index in [9.17, 15) is 14.2 Å². The standard InChI is InChI=1S/C23H38N3O6P/c1-4-7-16-30-22(28)26-14-12-25(13-15-26)21(27)20(24)17-18-8-10-19(11-9-18)23(33-29,31-5-2)32-6-3/h8-11,20H,4-7,12-17,24,33H2,1-3H3. The Bertz CT molecular complexity index is 762. The van der Waals surface area contributed by atoms with Crippen LogP contribution in [0.15, 0.2) is 24.3 Å². The van der Waals surface area contributed by atoms with Gasteiger partial charge in [-0.3, -0.25) is 4.79 Å². The second-order valence-electron chi connectivity index (χ2n) is 7.94. The maximum absolute atomic E-state index is 12.8. The predicted molar refractivity (Wildman–Crippen MR) is 128 cm³/mol. The van der Waals surface area contributed by atoms with Gasteiger partial charge >= 0.3 is 6.09 Å². The number of nitrogens with zero attached hydrogens (tertiary/aromatic N) is 2. The molecule has 0 aliphatic carbocycles. The van der Waals surface area contributed by atoms with Crippen molar-refractivity contribution in [2.45, 2.75) is 51.6 Å². The van der Waals surface area contributed by atoms with E-state index in [0.29, 0.717) is 58.0 Å². The van der Waals surface area contributed by atoms with Crippen LogP contribution in [0.5, 0.6) is 0 Å². The Kier molecular flexibility index (Phi) is 11.3. The Morgan fingerprint density at radius 3 is 2.12 bits per heavy atom. The van der Waals surface area contributed by atoms with Gasteiger partial charge in [0.2, 0.25) is 11.4 Å². The SMILES string of the molecule is CCCCOC(=O)N1CCN(C(=O)C(N)Cc2ccc(C(OCC)(OCC)[PH2]=O)cc2)CC1. The van der Waals surface area contributed by atoms with Crippen LogP contribution in [0.3, 0.4) is 0 Å². The van der Waals surface area contributed by atoms with Crippen molar-refractivity contribution in [3.8, 4) is 0 Å². The summed E-state index contributed by atoms with van der Waals surface area (Å²) in [6.45, 7) is 8.62. The fraction of sp³-hybridized carbons (Fsp3) is 0.652. The van der Waals surface area contributed by atoms with Gasteiger partial charge in [0.05, 0.1) is 12.6 Å². The summed E-state index contributed by atoms with van der Waals surface area (Å²) >= 11 is 0. The maximum atomic E-state index is 12.8. The van der Waals surface area contributed by atoms with Crippen LogP contribution >= 0.6 is 8.46 Å². The second kappa shape index (κ2) is 13.7. The average molecular weight is 484 g/mol. The molecule has 1 aromatic rings. The molecule has 0 bridgehead atoms. The Morgan fingerprint density at radius 1 is 1.03 bits per heavy atom. The summed E-state index contributed by atoms with van der Waals surface area (Å²) in [5, 5.41) is 0. The van der Waals surface area contributed by atoms with Crippen molar-refractivity contribution in [2.75, 3.05) is 46.0 Å². The largest absolute Gasteiger partial charge is 0.449 e. The molecule has 2 rings (SSSR count). The molecule has 1 aliphatic rings. The van der Waals surface area contributed by atoms with Crippen molar-refractivity contribution in [1.82, 2.24) is 9.80 Å². The van der Waals surface area contributed by atoms with Gasteiger partial charge in [-0.2, -0.15) is 0 Å². The van der Waals surface area contributed by atoms with E-state index in [1.807, 2.05) is 45.0 Å². The van der Waals surface area contributed by atoms with Gasteiger partial charge in [0.15, 0.2) is 0 Å². The number of unbranched alkanes of at least 4 members (excludes halogenated alkanes) is 1. The molecule has 1 aromatic carbocycles. The fourth-order valence-electron chi connectivity index (χ4n) is 3.73. The average Bonchev–Trinajstić information content (AvgIpc) is 2.84. The van der Waals surface area contributed by atoms with Crippen LogP contribution in [0.2, 0.25) is 0 Å². The Hall–Kier alpha value is -1.93. The molecule has 1 fully saturated rings. The number of hydrogen-bond donors (Lipinski definition) is 1. The van der Waals surface area contributed by atoms with Crippen molar-refractivity contribution in [3.05, 3.63) is 35.4 Å². The minimum absolute atomic E-state index is 0.139. The number of hydrogen-bond acceptors (Lipinski definition) is 7. The predicted octanol–water partition coefficient (Wildman–Crippen LogP) is 2.58. The highest BCUT2D eigenvalue weighted by Gasteiger charge is 2.33. The third-order valence-corrected chi connectivity index (χ3v) is 6.55. The van der Waals surface area contributed by atoms with Crippen LogP contribution in [0.25, 0.3) is 0 Å². The van der Waals surface area contributed by atoms with Crippen LogP contribution in [-0.2, 0) is 35.5 Å². The molecule has 9 nitrogen and oxygen atoms in total. The molecule has 2 N–H and O–H groups in total. The van der Waals surface area contributed by atoms with E-state index in [4.69, 9.17) is 19.9 Å². The first-order chi connectivity index (χ1) is 15.9. The molecule has 0 spiro atoms. The van der Waals surface area contributed by atoms with Crippen LogP contribution < -0.4 is 5.73 Å². The third kappa shape index (κ3) is 7.54. The molecule has 2 amide bonds. The molecule has 1 saturated heterocycles. The van der Waals surface area contributed by atoms with Crippen LogP contribution in [-0.4, -0.2) is 73.8 Å². The third-order valence-electron chi connectivity index (χ3n) is 5.57. The van der Waals surface area contributed by atoms with Crippen molar-refractivity contribution in [2.24, 2.45) is 5.73 Å². The molecule has 0 saturated carbocycles. The van der Waals surface area contributed by atoms with Crippen LogP contribution in [0, 0.1) is 0 Å². The van der Waals surface area contributed by atoms with Crippen molar-refractivity contribution in [1.29, 1.82) is 0 Å². The first-order valence-electron chi connectivity index (χ1n) is 11.7. The summed E-state index contributed by atoms with van der Waals surface area (Å²) in [7, 11) is -1.36. The normalized spacial score (nSPS) is 15.8. The molecule has 186 valence electrons. The monoisotopic (exact) mass is 483 g/mol. The van der Waals surface area contributed by atoms with Crippen molar-refractivity contribution >= 4 is 20.5 Å². The number of carbonyl (C=O) groups is 2. The summed E-state index contributed by atoms with van der Waals surface area (Å²) in [5.74, 6) is -0.139. The number of piperazine rings is 1. The summed E-state index contributed by atoms with van der Waals surface area (Å²) in [6, 6.07) is 6.65. The molecule has 1 aliphatic heterocycles. The van der Waals surface area contributed by atoms with Gasteiger partial charge in [0, 0.05) is 45.0 Å². The zero-order chi connectivity index (χ0) is 24.3. The highest BCUT2D eigenvalue weighted by atomic mass is 31.1. The lowest BCUT2D eigenvalue weighted by Gasteiger charge is -2.35. The lowest BCUT2D eigenvalue weighted by atomic mass is 10.0. The number of nitrogens with two attached hydrogens (primary N) is 1. The molecule has 1 heterocycles. The Balaban J connectivity index is 1.91. The van der Waals surface area contributed by atoms with Gasteiger partial charge < -0.3 is 34.3 Å². The zero-order valence-electron chi connectivity index (χ0n) is 20.0. The minimum Gasteiger partial charge on any atom is -0.449 e. The lowest BCUT2D eigenvalue weighted by Crippen LogP contribution is -2.54. The molecule has 10 heteroatoms. The highest BCUT2D eigenvalue weighted by Crippen LogP contribution is 2.38. The minimum atomic E-state index is -1.36. The fourth-order valence-corrected chi connectivity index (χ4v) is 4.52. The summed E-state index contributed by atoms with van der Waals surface area (Å²) in [4.78, 5) is 28.2. The Labute approximate surface area is 197 Å². The molecule has 33 heavy (non-hydrogen) atoms. The smallest absolute Gasteiger partial charge is 0.409 e. The topological polar surface area (TPSA) is 111 Å². The van der Waals surface area contributed by atoms with Crippen molar-refractivity contribution < 1.29 is 28.4 Å². The number of carbonyl (C=O) groups excluding carboxylic acids is 2. The van der Waals surface area contributed by atoms with E-state index in [1.54, 1.807) is 9.80 Å². The molecular formula is C23H38N3O6P. The van der Waals surface area contributed by atoms with E-state index in [1.165, 1.54) is 0 Å². The number of rotatable bonds is 12. The van der Waals surface area contributed by atoms with Gasteiger partial charge in [0.1, 0.15) is 8.46 Å². The molecule has 0 aromatic heterocycles. The summed E-state index contributed by atoms with van der Waals surface area (Å²) in [6.07, 6.45) is 1.86. The number of ether oxygens (including phenoxy) is 3. The zero-order valence-corrected chi connectivity index (χ0v) is 21.1. The first-order valence-corrected chi connectivity index (χ1v) is 12.7. The maximum Gasteiger partial charge on any atom is 0.409 e. The quantitative estimate of drug-likeness (QED) is 0.276. The van der Waals surface area contributed by atoms with Gasteiger partial charge in [-0.25, -0.2) is 4.79 Å². The molecule has 0 radical (unpaired) electrons. The summed E-state index contributed by atoms with van der Waals surface area (Å²) < 4.78 is 28.5. The number of benzene rings is 1. The Morgan fingerprint density at radius 2 is 1.61 bits per heavy atom. The molecule has 2 atom stereocenters. The van der Waals surface area contributed by atoms with E-state index < -0.39 is 20.0 Å². The van der Waals surface area contributed by atoms with Gasteiger partial charge in [-0.15, -0.1) is 0 Å². The summed E-state index contributed by atoms with van der Waals surface area (Å²) in [5.41, 5.74) is 6.56. The van der Waals surface area contributed by atoms with Gasteiger partial charge in [-0.05, 0) is 32.3 Å². The first kappa shape index (κ1) is 27.3. The molecule has 2 unspecified atom stereocenters. The number of amides is 2. The van der Waals surface area contributed by atoms with E-state index >= 15 is 0 Å². The second-order valence-corrected chi connectivity index (χ2v) is 8.93. The van der Waals surface area contributed by atoms with Crippen LogP contribution in [0.1, 0.15) is 44.7 Å². The van der Waals surface area contributed by atoms with Gasteiger partial charge in [-0.1, -0.05) is 37.6 Å².